The molecule has 16 heavy (non-hydrogen) atoms. The van der Waals surface area contributed by atoms with Crippen LogP contribution < -0.4 is 10.6 Å². The van der Waals surface area contributed by atoms with E-state index < -0.39 is 5.54 Å². The van der Waals surface area contributed by atoms with Crippen molar-refractivity contribution in [3.05, 3.63) is 12.4 Å². The maximum atomic E-state index is 8.89. The van der Waals surface area contributed by atoms with Crippen molar-refractivity contribution in [2.75, 3.05) is 17.2 Å². The first-order valence-corrected chi connectivity index (χ1v) is 5.33. The Morgan fingerprint density at radius 1 is 1.38 bits per heavy atom. The highest BCUT2D eigenvalue weighted by Gasteiger charge is 2.16. The summed E-state index contributed by atoms with van der Waals surface area (Å²) >= 11 is 0. The Morgan fingerprint density at radius 2 is 2.06 bits per heavy atom. The van der Waals surface area contributed by atoms with Crippen molar-refractivity contribution in [2.24, 2.45) is 0 Å². The van der Waals surface area contributed by atoms with Gasteiger partial charge in [0.2, 0.25) is 0 Å². The molecule has 0 aliphatic carbocycles. The average Bonchev–Trinajstić information content (AvgIpc) is 2.26. The lowest BCUT2D eigenvalue weighted by atomic mass is 10.1. The summed E-state index contributed by atoms with van der Waals surface area (Å²) in [6, 6.07) is 3.96. The predicted octanol–water partition coefficient (Wildman–Crippen LogP) is 2.01. The van der Waals surface area contributed by atoms with Crippen molar-refractivity contribution in [1.82, 2.24) is 9.97 Å². The summed E-state index contributed by atoms with van der Waals surface area (Å²) in [6.45, 7) is 6.56. The van der Waals surface area contributed by atoms with E-state index in [2.05, 4.69) is 33.6 Å². The molecule has 0 spiro atoms. The van der Waals surface area contributed by atoms with Crippen LogP contribution in [0.2, 0.25) is 0 Å². The molecule has 0 atom stereocenters. The zero-order chi connectivity index (χ0) is 12.0. The van der Waals surface area contributed by atoms with Crippen LogP contribution in [0.4, 0.5) is 11.6 Å². The Bertz CT molecular complexity index is 380. The van der Waals surface area contributed by atoms with Crippen LogP contribution in [0.1, 0.15) is 27.2 Å². The van der Waals surface area contributed by atoms with Gasteiger partial charge in [-0.25, -0.2) is 9.97 Å². The lowest BCUT2D eigenvalue weighted by Crippen LogP contribution is -2.29. The summed E-state index contributed by atoms with van der Waals surface area (Å²) in [5.74, 6) is 1.42. The van der Waals surface area contributed by atoms with Gasteiger partial charge in [0.15, 0.2) is 0 Å². The molecule has 0 radical (unpaired) electrons. The van der Waals surface area contributed by atoms with Gasteiger partial charge in [-0.15, -0.1) is 0 Å². The molecule has 1 aromatic heterocycles. The van der Waals surface area contributed by atoms with E-state index in [1.165, 1.54) is 6.33 Å². The minimum Gasteiger partial charge on any atom is -0.370 e. The molecule has 0 amide bonds. The molecule has 0 fully saturated rings. The molecular formula is C11H17N5. The SMILES string of the molecule is CCCNc1cc(NC(C)(C)C#N)ncn1. The van der Waals surface area contributed by atoms with Gasteiger partial charge in [0.25, 0.3) is 0 Å². The highest BCUT2D eigenvalue weighted by atomic mass is 15.1. The molecule has 5 nitrogen and oxygen atoms in total. The minimum atomic E-state index is -0.629. The van der Waals surface area contributed by atoms with Gasteiger partial charge in [0.1, 0.15) is 23.5 Å². The molecule has 0 unspecified atom stereocenters. The monoisotopic (exact) mass is 219 g/mol. The second kappa shape index (κ2) is 5.31. The van der Waals surface area contributed by atoms with Crippen molar-refractivity contribution in [3.8, 4) is 6.07 Å². The van der Waals surface area contributed by atoms with E-state index in [1.54, 1.807) is 19.9 Å². The second-order valence-corrected chi connectivity index (χ2v) is 4.08. The van der Waals surface area contributed by atoms with Gasteiger partial charge in [-0.3, -0.25) is 0 Å². The van der Waals surface area contributed by atoms with Gasteiger partial charge in [0.05, 0.1) is 6.07 Å². The predicted molar refractivity (Wildman–Crippen MR) is 64.1 cm³/mol. The number of nitrogens with one attached hydrogen (secondary N) is 2. The zero-order valence-corrected chi connectivity index (χ0v) is 9.91. The number of anilines is 2. The van der Waals surface area contributed by atoms with Gasteiger partial charge in [-0.2, -0.15) is 5.26 Å². The standard InChI is InChI=1S/C11H17N5/c1-4-5-13-9-6-10(15-8-14-9)16-11(2,3)7-12/h6,8H,4-5H2,1-3H3,(H2,13,14,15,16). The average molecular weight is 219 g/mol. The fourth-order valence-corrected chi connectivity index (χ4v) is 1.12. The van der Waals surface area contributed by atoms with Gasteiger partial charge >= 0.3 is 0 Å². The highest BCUT2D eigenvalue weighted by Crippen LogP contribution is 2.14. The second-order valence-electron chi connectivity index (χ2n) is 4.08. The van der Waals surface area contributed by atoms with E-state index in [4.69, 9.17) is 5.26 Å². The molecule has 0 aromatic carbocycles. The summed E-state index contributed by atoms with van der Waals surface area (Å²) in [5.41, 5.74) is -0.629. The molecule has 1 rings (SSSR count). The molecule has 0 saturated heterocycles. The van der Waals surface area contributed by atoms with Crippen LogP contribution in [0.3, 0.4) is 0 Å². The largest absolute Gasteiger partial charge is 0.370 e. The van der Waals surface area contributed by atoms with Crippen LogP contribution in [0.5, 0.6) is 0 Å². The van der Waals surface area contributed by atoms with Crippen LogP contribution in [0.25, 0.3) is 0 Å². The van der Waals surface area contributed by atoms with Crippen LogP contribution in [-0.4, -0.2) is 22.1 Å². The van der Waals surface area contributed by atoms with E-state index in [1.807, 2.05) is 0 Å². The minimum absolute atomic E-state index is 0.629. The molecule has 2 N–H and O–H groups in total. The quantitative estimate of drug-likeness (QED) is 0.792. The first-order valence-electron chi connectivity index (χ1n) is 5.33. The number of hydrogen-bond acceptors (Lipinski definition) is 5. The Kier molecular flexibility index (Phi) is 4.06. The number of rotatable bonds is 5. The van der Waals surface area contributed by atoms with Gasteiger partial charge in [-0.05, 0) is 20.3 Å². The first kappa shape index (κ1) is 12.2. The van der Waals surface area contributed by atoms with E-state index in [-0.39, 0.29) is 0 Å². The molecule has 0 bridgehead atoms. The third-order valence-electron chi connectivity index (χ3n) is 1.94. The van der Waals surface area contributed by atoms with Crippen LogP contribution in [0.15, 0.2) is 12.4 Å². The van der Waals surface area contributed by atoms with Gasteiger partial charge in [0, 0.05) is 12.6 Å². The maximum Gasteiger partial charge on any atom is 0.132 e. The molecule has 1 heterocycles. The summed E-state index contributed by atoms with van der Waals surface area (Å²) in [7, 11) is 0. The molecule has 86 valence electrons. The van der Waals surface area contributed by atoms with Crippen LogP contribution >= 0.6 is 0 Å². The molecule has 0 saturated carbocycles. The Balaban J connectivity index is 2.72. The molecule has 0 aliphatic heterocycles. The molecule has 5 heteroatoms. The first-order chi connectivity index (χ1) is 7.57. The smallest absolute Gasteiger partial charge is 0.132 e. The lowest BCUT2D eigenvalue weighted by Gasteiger charge is -2.18. The normalized spacial score (nSPS) is 10.6. The molecule has 0 aliphatic rings. The van der Waals surface area contributed by atoms with E-state index in [0.717, 1.165) is 18.8 Å². The van der Waals surface area contributed by atoms with Crippen LogP contribution in [-0.2, 0) is 0 Å². The van der Waals surface area contributed by atoms with E-state index in [9.17, 15) is 0 Å². The van der Waals surface area contributed by atoms with Gasteiger partial charge < -0.3 is 10.6 Å². The lowest BCUT2D eigenvalue weighted by molar-refractivity contribution is 0.723. The van der Waals surface area contributed by atoms with Crippen molar-refractivity contribution >= 4 is 11.6 Å². The summed E-state index contributed by atoms with van der Waals surface area (Å²) in [6.07, 6.45) is 2.52. The van der Waals surface area contributed by atoms with Gasteiger partial charge in [-0.1, -0.05) is 6.92 Å². The van der Waals surface area contributed by atoms with Crippen LogP contribution in [0, 0.1) is 11.3 Å². The number of hydrogen-bond donors (Lipinski definition) is 2. The topological polar surface area (TPSA) is 73.6 Å². The molecule has 1 aromatic rings. The van der Waals surface area contributed by atoms with Crippen molar-refractivity contribution < 1.29 is 0 Å². The molecular weight excluding hydrogens is 202 g/mol. The Labute approximate surface area is 95.9 Å². The van der Waals surface area contributed by atoms with Crippen molar-refractivity contribution in [3.63, 3.8) is 0 Å². The third kappa shape index (κ3) is 3.73. The van der Waals surface area contributed by atoms with Crippen molar-refractivity contribution in [2.45, 2.75) is 32.7 Å². The van der Waals surface area contributed by atoms with Crippen molar-refractivity contribution in [1.29, 1.82) is 5.26 Å². The highest BCUT2D eigenvalue weighted by molar-refractivity contribution is 5.48. The number of nitriles is 1. The fourth-order valence-electron chi connectivity index (χ4n) is 1.12. The number of nitrogens with zero attached hydrogens (tertiary/aromatic N) is 3. The zero-order valence-electron chi connectivity index (χ0n) is 9.91. The van der Waals surface area contributed by atoms with E-state index >= 15 is 0 Å². The Hall–Kier alpha value is -1.83. The summed E-state index contributed by atoms with van der Waals surface area (Å²) in [4.78, 5) is 8.15. The van der Waals surface area contributed by atoms with E-state index in [0.29, 0.717) is 5.82 Å². The fraction of sp³-hybridized carbons (Fsp3) is 0.545. The summed E-state index contributed by atoms with van der Waals surface area (Å²) < 4.78 is 0. The Morgan fingerprint density at radius 3 is 2.69 bits per heavy atom. The maximum absolute atomic E-state index is 8.89. The number of aromatic nitrogens is 2. The summed E-state index contributed by atoms with van der Waals surface area (Å²) in [5, 5.41) is 15.1. The third-order valence-corrected chi connectivity index (χ3v) is 1.94.